The molecule has 0 spiro atoms. The van der Waals surface area contributed by atoms with Gasteiger partial charge in [0.05, 0.1) is 0 Å². The minimum atomic E-state index is -3.22. The zero-order valence-electron chi connectivity index (χ0n) is 2.40. The molecule has 0 bridgehead atoms. The number of hydrogen-bond acceptors (Lipinski definition) is 1. The van der Waals surface area contributed by atoms with E-state index < -0.39 is 5.20 Å². The van der Waals surface area contributed by atoms with Crippen molar-refractivity contribution in [2.45, 2.75) is 0 Å². The standard InChI is InChI=1S/BrH.Cl3OP/c;1-5(2,3)4/h1H;. The molecule has 0 aromatic heterocycles. The normalized spacial score (nSPS) is 9.83. The summed E-state index contributed by atoms with van der Waals surface area (Å²) in [6, 6.07) is 0. The average Bonchev–Trinajstić information content (AvgIpc) is 0.722. The van der Waals surface area contributed by atoms with Crippen molar-refractivity contribution >= 4 is 55.9 Å². The van der Waals surface area contributed by atoms with Crippen molar-refractivity contribution < 1.29 is 4.57 Å². The molecule has 0 amide bonds. The van der Waals surface area contributed by atoms with E-state index in [1.165, 1.54) is 0 Å². The van der Waals surface area contributed by atoms with Crippen LogP contribution in [0.1, 0.15) is 0 Å². The SMILES string of the molecule is Br.O=P(Cl)(Cl)Cl. The Bertz CT molecular complexity index is 56.9. The predicted octanol–water partition coefficient (Wildman–Crippen LogP) is 3.39. The van der Waals surface area contributed by atoms with Gasteiger partial charge in [-0.1, -0.05) is 0 Å². The van der Waals surface area contributed by atoms with Crippen LogP contribution in [0.4, 0.5) is 0 Å². The highest BCUT2D eigenvalue weighted by Gasteiger charge is 2.02. The van der Waals surface area contributed by atoms with Gasteiger partial charge in [0, 0.05) is 0 Å². The zero-order valence-corrected chi connectivity index (χ0v) is 7.27. The molecular weight excluding hydrogens is 233 g/mol. The second-order valence-electron chi connectivity index (χ2n) is 0.399. The molecule has 0 fully saturated rings. The van der Waals surface area contributed by atoms with Gasteiger partial charge in [-0.3, -0.25) is 4.57 Å². The molecule has 0 aliphatic carbocycles. The lowest BCUT2D eigenvalue weighted by molar-refractivity contribution is 0.600. The summed E-state index contributed by atoms with van der Waals surface area (Å²) in [5, 5.41) is -3.22. The van der Waals surface area contributed by atoms with E-state index in [9.17, 15) is 4.57 Å². The highest BCUT2D eigenvalue weighted by Crippen LogP contribution is 2.61. The highest BCUT2D eigenvalue weighted by molar-refractivity contribution is 8.93. The van der Waals surface area contributed by atoms with Gasteiger partial charge in [-0.15, -0.1) is 17.0 Å². The van der Waals surface area contributed by atoms with Gasteiger partial charge in [0.25, 0.3) is 0 Å². The van der Waals surface area contributed by atoms with Gasteiger partial charge in [0.1, 0.15) is 0 Å². The molecule has 0 aromatic rings. The summed E-state index contributed by atoms with van der Waals surface area (Å²) in [4.78, 5) is 0. The van der Waals surface area contributed by atoms with Crippen LogP contribution in [0, 0.1) is 0 Å². The fraction of sp³-hybridized carbons (Fsp3) is 0. The van der Waals surface area contributed by atoms with Crippen LogP contribution < -0.4 is 0 Å². The first-order valence-corrected chi connectivity index (χ1v) is 5.11. The van der Waals surface area contributed by atoms with Gasteiger partial charge in [-0.2, -0.15) is 0 Å². The topological polar surface area (TPSA) is 17.1 Å². The van der Waals surface area contributed by atoms with Gasteiger partial charge < -0.3 is 0 Å². The van der Waals surface area contributed by atoms with Crippen molar-refractivity contribution in [3.8, 4) is 0 Å². The third-order valence-corrected chi connectivity index (χ3v) is 0. The van der Waals surface area contributed by atoms with Crippen LogP contribution in [0.3, 0.4) is 0 Å². The van der Waals surface area contributed by atoms with Crippen LogP contribution in [0.15, 0.2) is 0 Å². The van der Waals surface area contributed by atoms with Crippen molar-refractivity contribution in [2.24, 2.45) is 0 Å². The first kappa shape index (κ1) is 10.5. The summed E-state index contributed by atoms with van der Waals surface area (Å²) in [6.45, 7) is 0. The second-order valence-corrected chi connectivity index (χ2v) is 7.04. The minimum Gasteiger partial charge on any atom is -0.271 e. The van der Waals surface area contributed by atoms with Crippen molar-refractivity contribution in [1.29, 1.82) is 0 Å². The van der Waals surface area contributed by atoms with E-state index >= 15 is 0 Å². The summed E-state index contributed by atoms with van der Waals surface area (Å²) in [5.41, 5.74) is 0. The smallest absolute Gasteiger partial charge is 0.271 e. The Morgan fingerprint density at radius 1 is 1.17 bits per heavy atom. The summed E-state index contributed by atoms with van der Waals surface area (Å²) in [6.07, 6.45) is 0. The van der Waals surface area contributed by atoms with Crippen molar-refractivity contribution in [3.63, 3.8) is 0 Å². The van der Waals surface area contributed by atoms with E-state index in [0.29, 0.717) is 0 Å². The van der Waals surface area contributed by atoms with E-state index in [-0.39, 0.29) is 17.0 Å². The van der Waals surface area contributed by atoms with E-state index in [1.54, 1.807) is 0 Å². The van der Waals surface area contributed by atoms with Gasteiger partial charge in [-0.25, -0.2) is 0 Å². The van der Waals surface area contributed by atoms with Crippen LogP contribution in [0.5, 0.6) is 0 Å². The molecule has 0 aliphatic heterocycles. The van der Waals surface area contributed by atoms with Crippen LogP contribution in [0.25, 0.3) is 0 Å². The zero-order chi connectivity index (χ0) is 4.50. The Kier molecular flexibility index (Phi) is 6.26. The predicted molar refractivity (Wildman–Crippen MR) is 35.5 cm³/mol. The molecule has 0 aliphatic rings. The highest BCUT2D eigenvalue weighted by atomic mass is 79.9. The Balaban J connectivity index is 0. The Morgan fingerprint density at radius 2 is 1.17 bits per heavy atom. The van der Waals surface area contributed by atoms with E-state index in [1.807, 2.05) is 0 Å². The molecule has 0 saturated heterocycles. The van der Waals surface area contributed by atoms with E-state index in [0.717, 1.165) is 0 Å². The molecule has 0 aromatic carbocycles. The average molecular weight is 234 g/mol. The summed E-state index contributed by atoms with van der Waals surface area (Å²) < 4.78 is 9.51. The Hall–Kier alpha value is 1.58. The Labute approximate surface area is 60.5 Å². The van der Waals surface area contributed by atoms with Crippen LogP contribution in [-0.4, -0.2) is 0 Å². The largest absolute Gasteiger partial charge is 0.339 e. The molecule has 0 unspecified atom stereocenters. The molecule has 0 N–H and O–H groups in total. The Morgan fingerprint density at radius 3 is 1.17 bits per heavy atom. The second kappa shape index (κ2) is 3.57. The quantitative estimate of drug-likeness (QED) is 0.587. The van der Waals surface area contributed by atoms with E-state index in [4.69, 9.17) is 0 Å². The first-order valence-electron chi connectivity index (χ1n) is 0.690. The molecule has 6 heavy (non-hydrogen) atoms. The summed E-state index contributed by atoms with van der Waals surface area (Å²) >= 11 is 13.8. The maximum Gasteiger partial charge on any atom is 0.339 e. The first-order chi connectivity index (χ1) is 2.00. The van der Waals surface area contributed by atoms with Crippen LogP contribution in [-0.2, 0) is 4.57 Å². The minimum absolute atomic E-state index is 0. The van der Waals surface area contributed by atoms with Gasteiger partial charge in [-0.05, 0) is 33.7 Å². The summed E-state index contributed by atoms with van der Waals surface area (Å²) in [7, 11) is 0. The fourth-order valence-electron chi connectivity index (χ4n) is 0. The van der Waals surface area contributed by atoms with Crippen LogP contribution >= 0.6 is 55.9 Å². The van der Waals surface area contributed by atoms with Gasteiger partial charge in [0.2, 0.25) is 0 Å². The lowest BCUT2D eigenvalue weighted by atomic mass is 16.0. The van der Waals surface area contributed by atoms with E-state index in [2.05, 4.69) is 33.7 Å². The summed E-state index contributed by atoms with van der Waals surface area (Å²) in [5.74, 6) is 0. The molecule has 0 atom stereocenters. The monoisotopic (exact) mass is 232 g/mol. The molecule has 0 radical (unpaired) electrons. The number of halogens is 4. The number of rotatable bonds is 0. The molecule has 1 nitrogen and oxygen atoms in total. The lowest BCUT2D eigenvalue weighted by Gasteiger charge is -1.74. The molecular formula is HBrCl3OP. The molecule has 40 valence electrons. The van der Waals surface area contributed by atoms with Crippen LogP contribution in [0.2, 0.25) is 0 Å². The van der Waals surface area contributed by atoms with Crippen molar-refractivity contribution in [2.75, 3.05) is 0 Å². The van der Waals surface area contributed by atoms with Crippen molar-refractivity contribution in [3.05, 3.63) is 0 Å². The van der Waals surface area contributed by atoms with Gasteiger partial charge in [0.15, 0.2) is 0 Å². The molecule has 6 heteroatoms. The third kappa shape index (κ3) is 46.9. The molecule has 0 saturated carbocycles. The lowest BCUT2D eigenvalue weighted by Crippen LogP contribution is -1.19. The van der Waals surface area contributed by atoms with Crippen molar-refractivity contribution in [1.82, 2.24) is 0 Å². The molecule has 0 heterocycles. The fourth-order valence-corrected chi connectivity index (χ4v) is 0. The van der Waals surface area contributed by atoms with Gasteiger partial charge >= 0.3 is 5.20 Å². The maximum atomic E-state index is 9.51. The molecule has 0 rings (SSSR count). The maximum absolute atomic E-state index is 9.51. The third-order valence-electron chi connectivity index (χ3n) is 0. The number of hydrogen-bond donors (Lipinski definition) is 0.